The van der Waals surface area contributed by atoms with E-state index in [0.29, 0.717) is 25.0 Å². The summed E-state index contributed by atoms with van der Waals surface area (Å²) >= 11 is 0. The van der Waals surface area contributed by atoms with Crippen molar-refractivity contribution in [1.82, 2.24) is 0 Å². The smallest absolute Gasteiger partial charge is 0.430 e. The molecule has 2 saturated carbocycles. The molecule has 2 saturated heterocycles. The molecule has 8 nitrogen and oxygen atoms in total. The third kappa shape index (κ3) is 5.57. The molecule has 2 aliphatic heterocycles. The van der Waals surface area contributed by atoms with E-state index in [0.717, 1.165) is 51.4 Å². The van der Waals surface area contributed by atoms with Gasteiger partial charge in [0.2, 0.25) is 0 Å². The molecular formula is C24H36O8. The summed E-state index contributed by atoms with van der Waals surface area (Å²) in [6.45, 7) is 8.00. The SMILES string of the molecule is C=CC(C)(C1CCC(OCC2COC(=O)O2)CC1)C1CCC(OCC2COC(=O)O2)CC1. The maximum Gasteiger partial charge on any atom is 0.508 e. The Hall–Kier alpha value is -1.80. The van der Waals surface area contributed by atoms with Crippen LogP contribution in [0.2, 0.25) is 0 Å². The predicted molar refractivity (Wildman–Crippen MR) is 114 cm³/mol. The summed E-state index contributed by atoms with van der Waals surface area (Å²) in [4.78, 5) is 22.1. The van der Waals surface area contributed by atoms with Crippen molar-refractivity contribution in [2.24, 2.45) is 17.3 Å². The molecule has 8 heteroatoms. The highest BCUT2D eigenvalue weighted by molar-refractivity contribution is 5.62. The fraction of sp³-hybridized carbons (Fsp3) is 0.833. The summed E-state index contributed by atoms with van der Waals surface area (Å²) in [5, 5.41) is 0. The highest BCUT2D eigenvalue weighted by atomic mass is 16.8. The Morgan fingerprint density at radius 3 is 1.53 bits per heavy atom. The van der Waals surface area contributed by atoms with E-state index in [1.807, 2.05) is 0 Å². The molecular weight excluding hydrogens is 416 g/mol. The van der Waals surface area contributed by atoms with Crippen LogP contribution in [-0.2, 0) is 28.4 Å². The highest BCUT2D eigenvalue weighted by Crippen LogP contribution is 2.50. The third-order valence-electron chi connectivity index (χ3n) is 7.88. The zero-order chi connectivity index (χ0) is 22.6. The molecule has 0 aromatic carbocycles. The van der Waals surface area contributed by atoms with Gasteiger partial charge in [-0.1, -0.05) is 13.0 Å². The van der Waals surface area contributed by atoms with Crippen molar-refractivity contribution in [3.63, 3.8) is 0 Å². The number of carbonyl (C=O) groups excluding carboxylic acids is 2. The Morgan fingerprint density at radius 2 is 1.22 bits per heavy atom. The predicted octanol–water partition coefficient (Wildman–Crippen LogP) is 4.40. The van der Waals surface area contributed by atoms with E-state index < -0.39 is 12.3 Å². The molecule has 32 heavy (non-hydrogen) atoms. The van der Waals surface area contributed by atoms with Crippen LogP contribution in [0.1, 0.15) is 58.3 Å². The van der Waals surface area contributed by atoms with Gasteiger partial charge in [-0.25, -0.2) is 9.59 Å². The number of carbonyl (C=O) groups is 2. The molecule has 0 N–H and O–H groups in total. The molecule has 0 bridgehead atoms. The number of ether oxygens (including phenoxy) is 6. The summed E-state index contributed by atoms with van der Waals surface area (Å²) in [5.74, 6) is 1.20. The van der Waals surface area contributed by atoms with Crippen LogP contribution in [0.5, 0.6) is 0 Å². The molecule has 4 aliphatic rings. The maximum absolute atomic E-state index is 11.0. The first-order chi connectivity index (χ1) is 15.5. The van der Waals surface area contributed by atoms with Crippen molar-refractivity contribution in [2.45, 2.75) is 82.7 Å². The molecule has 0 radical (unpaired) electrons. The van der Waals surface area contributed by atoms with Crippen LogP contribution in [0.4, 0.5) is 9.59 Å². The normalized spacial score (nSPS) is 37.0. The van der Waals surface area contributed by atoms with Crippen LogP contribution < -0.4 is 0 Å². The topological polar surface area (TPSA) is 89.5 Å². The summed E-state index contributed by atoms with van der Waals surface area (Å²) in [7, 11) is 0. The van der Waals surface area contributed by atoms with Crippen LogP contribution in [0.25, 0.3) is 0 Å². The van der Waals surface area contributed by atoms with E-state index in [2.05, 4.69) is 19.6 Å². The van der Waals surface area contributed by atoms with Crippen molar-refractivity contribution in [3.05, 3.63) is 12.7 Å². The first-order valence-corrected chi connectivity index (χ1v) is 12.0. The Balaban J connectivity index is 1.18. The van der Waals surface area contributed by atoms with Gasteiger partial charge in [0.05, 0.1) is 25.4 Å². The molecule has 4 rings (SSSR count). The van der Waals surface area contributed by atoms with Crippen LogP contribution in [0, 0.1) is 17.3 Å². The number of hydrogen-bond donors (Lipinski definition) is 0. The molecule has 0 amide bonds. The van der Waals surface area contributed by atoms with Crippen molar-refractivity contribution in [3.8, 4) is 0 Å². The number of cyclic esters (lactones) is 4. The lowest BCUT2D eigenvalue weighted by atomic mass is 9.59. The van der Waals surface area contributed by atoms with Gasteiger partial charge < -0.3 is 28.4 Å². The van der Waals surface area contributed by atoms with Crippen LogP contribution in [0.3, 0.4) is 0 Å². The van der Waals surface area contributed by atoms with E-state index in [1.165, 1.54) is 0 Å². The maximum atomic E-state index is 11.0. The highest BCUT2D eigenvalue weighted by Gasteiger charge is 2.42. The van der Waals surface area contributed by atoms with Gasteiger partial charge in [0.25, 0.3) is 0 Å². The fourth-order valence-corrected chi connectivity index (χ4v) is 5.75. The minimum atomic E-state index is -0.597. The monoisotopic (exact) mass is 452 g/mol. The summed E-state index contributed by atoms with van der Waals surface area (Å²) < 4.78 is 31.7. The first kappa shape index (κ1) is 23.4. The van der Waals surface area contributed by atoms with Crippen LogP contribution in [-0.4, -0.2) is 63.2 Å². The average Bonchev–Trinajstić information content (AvgIpc) is 3.44. The number of allylic oxidation sites excluding steroid dienone is 1. The molecule has 0 aromatic rings. The van der Waals surface area contributed by atoms with Crippen molar-refractivity contribution in [2.75, 3.05) is 26.4 Å². The zero-order valence-corrected chi connectivity index (χ0v) is 19.0. The van der Waals surface area contributed by atoms with E-state index in [9.17, 15) is 9.59 Å². The second kappa shape index (κ2) is 10.4. The minimum absolute atomic E-state index is 0.111. The molecule has 180 valence electrons. The third-order valence-corrected chi connectivity index (χ3v) is 7.88. The lowest BCUT2D eigenvalue weighted by Gasteiger charge is -2.47. The summed E-state index contributed by atoms with van der Waals surface area (Å²) in [6, 6.07) is 0. The van der Waals surface area contributed by atoms with Gasteiger partial charge in [-0.15, -0.1) is 6.58 Å². The van der Waals surface area contributed by atoms with Crippen molar-refractivity contribution >= 4 is 12.3 Å². The summed E-state index contributed by atoms with van der Waals surface area (Å²) in [6.07, 6.45) is 9.47. The second-order valence-electron chi connectivity index (χ2n) is 9.79. The Kier molecular flexibility index (Phi) is 7.61. The van der Waals surface area contributed by atoms with Crippen LogP contribution >= 0.6 is 0 Å². The average molecular weight is 453 g/mol. The quantitative estimate of drug-likeness (QED) is 0.376. The van der Waals surface area contributed by atoms with Crippen LogP contribution in [0.15, 0.2) is 12.7 Å². The number of hydrogen-bond acceptors (Lipinski definition) is 8. The van der Waals surface area contributed by atoms with Gasteiger partial charge in [0, 0.05) is 0 Å². The van der Waals surface area contributed by atoms with Gasteiger partial charge >= 0.3 is 12.3 Å². The van der Waals surface area contributed by atoms with E-state index in [-0.39, 0.29) is 43.0 Å². The van der Waals surface area contributed by atoms with Crippen molar-refractivity contribution < 1.29 is 38.0 Å². The molecule has 2 unspecified atom stereocenters. The minimum Gasteiger partial charge on any atom is -0.430 e. The molecule has 2 heterocycles. The Labute approximate surface area is 189 Å². The van der Waals surface area contributed by atoms with E-state index >= 15 is 0 Å². The second-order valence-corrected chi connectivity index (χ2v) is 9.79. The lowest BCUT2D eigenvalue weighted by molar-refractivity contribution is -0.0491. The van der Waals surface area contributed by atoms with Gasteiger partial charge in [0.1, 0.15) is 13.2 Å². The van der Waals surface area contributed by atoms with E-state index in [1.54, 1.807) is 0 Å². The largest absolute Gasteiger partial charge is 0.508 e. The van der Waals surface area contributed by atoms with E-state index in [4.69, 9.17) is 28.4 Å². The molecule has 0 aromatic heterocycles. The fourth-order valence-electron chi connectivity index (χ4n) is 5.75. The standard InChI is InChI=1S/C24H36O8/c1-3-24(2,16-4-8-18(9-5-16)27-12-20-14-29-22(25)31-20)17-6-10-19(11-7-17)28-13-21-15-30-23(26)32-21/h3,16-21H,1,4-15H2,2H3. The lowest BCUT2D eigenvalue weighted by Crippen LogP contribution is -2.40. The summed E-state index contributed by atoms with van der Waals surface area (Å²) in [5.41, 5.74) is 0.111. The first-order valence-electron chi connectivity index (χ1n) is 12.0. The number of rotatable bonds is 9. The van der Waals surface area contributed by atoms with Gasteiger partial charge in [-0.3, -0.25) is 0 Å². The van der Waals surface area contributed by atoms with Gasteiger partial charge in [0.15, 0.2) is 12.2 Å². The van der Waals surface area contributed by atoms with Gasteiger partial charge in [-0.05, 0) is 68.6 Å². The molecule has 2 atom stereocenters. The zero-order valence-electron chi connectivity index (χ0n) is 19.0. The molecule has 0 spiro atoms. The molecule has 2 aliphatic carbocycles. The Morgan fingerprint density at radius 1 is 0.812 bits per heavy atom. The van der Waals surface area contributed by atoms with Gasteiger partial charge in [-0.2, -0.15) is 0 Å². The Bertz CT molecular complexity index is 613. The van der Waals surface area contributed by atoms with Crippen molar-refractivity contribution in [1.29, 1.82) is 0 Å². The molecule has 4 fully saturated rings.